The van der Waals surface area contributed by atoms with Crippen LogP contribution >= 0.6 is 0 Å². The van der Waals surface area contributed by atoms with Crippen LogP contribution in [0.4, 0.5) is 0 Å². The lowest BCUT2D eigenvalue weighted by Crippen LogP contribution is -2.19. The highest BCUT2D eigenvalue weighted by molar-refractivity contribution is 5.92. The van der Waals surface area contributed by atoms with Crippen LogP contribution in [0.5, 0.6) is 0 Å². The van der Waals surface area contributed by atoms with E-state index in [1.54, 1.807) is 6.92 Å². The van der Waals surface area contributed by atoms with Crippen molar-refractivity contribution in [3.05, 3.63) is 0 Å². The quantitative estimate of drug-likeness (QED) is 0.510. The molecular formula is C8H14O6. The van der Waals surface area contributed by atoms with Crippen LogP contribution in [0.15, 0.2) is 0 Å². The Bertz CT molecular complexity index is 196. The van der Waals surface area contributed by atoms with Gasteiger partial charge in [-0.05, 0) is 13.8 Å². The third-order valence-electron chi connectivity index (χ3n) is 1.09. The van der Waals surface area contributed by atoms with Gasteiger partial charge in [0.05, 0.1) is 6.61 Å². The summed E-state index contributed by atoms with van der Waals surface area (Å²) in [4.78, 5) is 29.3. The largest absolute Gasteiger partial charge is 0.481 e. The molecule has 14 heavy (non-hydrogen) atoms. The van der Waals surface area contributed by atoms with E-state index in [2.05, 4.69) is 4.74 Å². The molecule has 0 aromatic rings. The van der Waals surface area contributed by atoms with Crippen molar-refractivity contribution in [2.24, 2.45) is 5.92 Å². The van der Waals surface area contributed by atoms with Gasteiger partial charge in [0.2, 0.25) is 0 Å². The fraction of sp³-hybridized carbons (Fsp3) is 0.625. The summed E-state index contributed by atoms with van der Waals surface area (Å²) in [6, 6.07) is 0. The number of esters is 1. The first kappa shape index (κ1) is 14.9. The van der Waals surface area contributed by atoms with Gasteiger partial charge in [0.15, 0.2) is 5.92 Å². The zero-order chi connectivity index (χ0) is 11.7. The van der Waals surface area contributed by atoms with Gasteiger partial charge in [-0.2, -0.15) is 0 Å². The van der Waals surface area contributed by atoms with Crippen LogP contribution in [0.1, 0.15) is 20.8 Å². The molecule has 6 nitrogen and oxygen atoms in total. The molecule has 0 spiro atoms. The zero-order valence-electron chi connectivity index (χ0n) is 8.31. The van der Waals surface area contributed by atoms with Crippen LogP contribution in [0.3, 0.4) is 0 Å². The molecule has 2 N–H and O–H groups in total. The van der Waals surface area contributed by atoms with Gasteiger partial charge >= 0.3 is 17.9 Å². The van der Waals surface area contributed by atoms with Crippen LogP contribution < -0.4 is 0 Å². The number of hydrogen-bond donors (Lipinski definition) is 2. The van der Waals surface area contributed by atoms with Gasteiger partial charge in [0, 0.05) is 6.92 Å². The number of aliphatic carboxylic acids is 2. The summed E-state index contributed by atoms with van der Waals surface area (Å²) in [6.45, 7) is 4.77. The molecule has 0 amide bonds. The average Bonchev–Trinajstić information content (AvgIpc) is 2.03. The lowest BCUT2D eigenvalue weighted by molar-refractivity contribution is -0.153. The first-order chi connectivity index (χ1) is 6.32. The van der Waals surface area contributed by atoms with Gasteiger partial charge in [-0.25, -0.2) is 0 Å². The van der Waals surface area contributed by atoms with Gasteiger partial charge in [-0.15, -0.1) is 0 Å². The monoisotopic (exact) mass is 206 g/mol. The standard InChI is InChI=1S/C4H6O4.C4H8O2/c1-2(3(5)6)4(7)8;1-3-6-4(2)5/h2H,1H3,(H,5,6)(H,7,8);3H2,1-2H3. The highest BCUT2D eigenvalue weighted by Crippen LogP contribution is 1.91. The number of ether oxygens (including phenoxy) is 1. The molecule has 0 aliphatic rings. The normalized spacial score (nSPS) is 8.57. The summed E-state index contributed by atoms with van der Waals surface area (Å²) in [5, 5.41) is 15.9. The van der Waals surface area contributed by atoms with Gasteiger partial charge in [0.1, 0.15) is 0 Å². The van der Waals surface area contributed by atoms with E-state index in [9.17, 15) is 14.4 Å². The molecular weight excluding hydrogens is 192 g/mol. The van der Waals surface area contributed by atoms with Crippen molar-refractivity contribution in [2.75, 3.05) is 6.61 Å². The Hall–Kier alpha value is -1.59. The molecule has 0 atom stereocenters. The van der Waals surface area contributed by atoms with Crippen LogP contribution in [0, 0.1) is 5.92 Å². The summed E-state index contributed by atoms with van der Waals surface area (Å²) in [6.07, 6.45) is 0. The van der Waals surface area contributed by atoms with Crippen molar-refractivity contribution in [3.8, 4) is 0 Å². The second-order valence-corrected chi connectivity index (χ2v) is 2.32. The summed E-state index contributed by atoms with van der Waals surface area (Å²) in [5.41, 5.74) is 0. The van der Waals surface area contributed by atoms with Crippen molar-refractivity contribution in [2.45, 2.75) is 20.8 Å². The number of carboxylic acid groups (broad SMARTS) is 2. The topological polar surface area (TPSA) is 101 Å². The van der Waals surface area contributed by atoms with Crippen molar-refractivity contribution in [1.29, 1.82) is 0 Å². The minimum absolute atomic E-state index is 0.211. The molecule has 0 unspecified atom stereocenters. The van der Waals surface area contributed by atoms with E-state index in [0.29, 0.717) is 6.61 Å². The Morgan fingerprint density at radius 2 is 1.57 bits per heavy atom. The first-order valence-corrected chi connectivity index (χ1v) is 3.91. The van der Waals surface area contributed by atoms with Gasteiger partial charge < -0.3 is 14.9 Å². The van der Waals surface area contributed by atoms with E-state index in [4.69, 9.17) is 10.2 Å². The molecule has 0 aromatic heterocycles. The molecule has 0 bridgehead atoms. The summed E-state index contributed by atoms with van der Waals surface area (Å²) < 4.78 is 4.40. The van der Waals surface area contributed by atoms with E-state index < -0.39 is 17.9 Å². The summed E-state index contributed by atoms with van der Waals surface area (Å²) in [5.74, 6) is -4.12. The molecule has 0 fully saturated rings. The van der Waals surface area contributed by atoms with Crippen molar-refractivity contribution < 1.29 is 29.3 Å². The van der Waals surface area contributed by atoms with E-state index in [0.717, 1.165) is 6.92 Å². The Morgan fingerprint density at radius 3 is 1.57 bits per heavy atom. The van der Waals surface area contributed by atoms with Crippen molar-refractivity contribution in [1.82, 2.24) is 0 Å². The Labute approximate surface area is 81.5 Å². The average molecular weight is 206 g/mol. The molecule has 0 saturated carbocycles. The summed E-state index contributed by atoms with van der Waals surface area (Å²) in [7, 11) is 0. The minimum atomic E-state index is -1.31. The fourth-order valence-electron chi connectivity index (χ4n) is 0.309. The molecule has 82 valence electrons. The van der Waals surface area contributed by atoms with Gasteiger partial charge in [0.25, 0.3) is 0 Å². The predicted octanol–water partition coefficient (Wildman–Crippen LogP) is 0.361. The highest BCUT2D eigenvalue weighted by atomic mass is 16.5. The Morgan fingerprint density at radius 1 is 1.21 bits per heavy atom. The van der Waals surface area contributed by atoms with Gasteiger partial charge in [-0.3, -0.25) is 14.4 Å². The molecule has 0 rings (SSSR count). The molecule has 0 aromatic carbocycles. The number of carbonyl (C=O) groups is 3. The number of hydrogen-bond acceptors (Lipinski definition) is 4. The van der Waals surface area contributed by atoms with Crippen molar-refractivity contribution >= 4 is 17.9 Å². The van der Waals surface area contributed by atoms with Crippen LogP contribution in [-0.2, 0) is 19.1 Å². The number of carbonyl (C=O) groups excluding carboxylic acids is 1. The van der Waals surface area contributed by atoms with Crippen molar-refractivity contribution in [3.63, 3.8) is 0 Å². The Kier molecular flexibility index (Phi) is 8.55. The van der Waals surface area contributed by atoms with E-state index in [-0.39, 0.29) is 5.97 Å². The van der Waals surface area contributed by atoms with E-state index in [1.165, 1.54) is 6.92 Å². The first-order valence-electron chi connectivity index (χ1n) is 3.91. The molecule has 0 heterocycles. The van der Waals surface area contributed by atoms with Crippen LogP contribution in [0.25, 0.3) is 0 Å². The zero-order valence-corrected chi connectivity index (χ0v) is 8.31. The molecule has 6 heteroatoms. The minimum Gasteiger partial charge on any atom is -0.481 e. The maximum atomic E-state index is 9.82. The molecule has 0 aliphatic carbocycles. The smallest absolute Gasteiger partial charge is 0.317 e. The Balaban J connectivity index is 0. The third kappa shape index (κ3) is 10.4. The predicted molar refractivity (Wildman–Crippen MR) is 46.7 cm³/mol. The van der Waals surface area contributed by atoms with E-state index >= 15 is 0 Å². The molecule has 0 radical (unpaired) electrons. The lowest BCUT2D eigenvalue weighted by Gasteiger charge is -1.94. The maximum Gasteiger partial charge on any atom is 0.317 e. The number of carboxylic acids is 2. The second-order valence-electron chi connectivity index (χ2n) is 2.32. The summed E-state index contributed by atoms with van der Waals surface area (Å²) >= 11 is 0. The molecule has 0 saturated heterocycles. The number of rotatable bonds is 3. The van der Waals surface area contributed by atoms with E-state index in [1.807, 2.05) is 0 Å². The van der Waals surface area contributed by atoms with Gasteiger partial charge in [-0.1, -0.05) is 0 Å². The maximum absolute atomic E-state index is 9.82. The molecule has 0 aliphatic heterocycles. The lowest BCUT2D eigenvalue weighted by atomic mass is 10.2. The SMILES string of the molecule is CC(C(=O)O)C(=O)O.CCOC(C)=O. The third-order valence-corrected chi connectivity index (χ3v) is 1.09. The second kappa shape index (κ2) is 8.03. The fourth-order valence-corrected chi connectivity index (χ4v) is 0.309. The highest BCUT2D eigenvalue weighted by Gasteiger charge is 2.18. The van der Waals surface area contributed by atoms with Crippen LogP contribution in [-0.4, -0.2) is 34.7 Å². The van der Waals surface area contributed by atoms with Crippen LogP contribution in [0.2, 0.25) is 0 Å².